The van der Waals surface area contributed by atoms with Crippen LogP contribution in [0.2, 0.25) is 0 Å². The van der Waals surface area contributed by atoms with Crippen LogP contribution in [0.4, 0.5) is 4.39 Å². The molecular weight excluding hydrogens is 443 g/mol. The fourth-order valence-corrected chi connectivity index (χ4v) is 3.81. The normalized spacial score (nSPS) is 12.0. The first-order valence-electron chi connectivity index (χ1n) is 11.7. The fourth-order valence-electron chi connectivity index (χ4n) is 3.81. The Morgan fingerprint density at radius 1 is 0.886 bits per heavy atom. The molecule has 0 unspecified atom stereocenters. The van der Waals surface area contributed by atoms with Crippen LogP contribution in [0.25, 0.3) is 0 Å². The molecule has 184 valence electrons. The van der Waals surface area contributed by atoms with Gasteiger partial charge in [0.2, 0.25) is 11.8 Å². The van der Waals surface area contributed by atoms with Gasteiger partial charge in [-0.15, -0.1) is 0 Å². The fraction of sp³-hybridized carbons (Fsp3) is 0.310. The van der Waals surface area contributed by atoms with Crippen LogP contribution in [0.3, 0.4) is 0 Å². The van der Waals surface area contributed by atoms with Crippen LogP contribution in [-0.2, 0) is 29.0 Å². The summed E-state index contributed by atoms with van der Waals surface area (Å²) in [6.07, 6.45) is 0.484. The Balaban J connectivity index is 1.96. The zero-order chi connectivity index (χ0) is 25.4. The van der Waals surface area contributed by atoms with Gasteiger partial charge in [0, 0.05) is 18.5 Å². The summed E-state index contributed by atoms with van der Waals surface area (Å²) in [6.45, 7) is 5.92. The highest BCUT2D eigenvalue weighted by molar-refractivity contribution is 5.89. The van der Waals surface area contributed by atoms with E-state index < -0.39 is 11.6 Å². The predicted molar refractivity (Wildman–Crippen MR) is 135 cm³/mol. The Labute approximate surface area is 206 Å². The highest BCUT2D eigenvalue weighted by Crippen LogP contribution is 2.19. The van der Waals surface area contributed by atoms with Gasteiger partial charge in [-0.05, 0) is 61.7 Å². The number of nitrogens with one attached hydrogen (secondary N) is 1. The van der Waals surface area contributed by atoms with Crippen molar-refractivity contribution < 1.29 is 18.7 Å². The number of hydrogen-bond donors (Lipinski definition) is 1. The molecule has 0 aliphatic carbocycles. The highest BCUT2D eigenvalue weighted by atomic mass is 19.1. The van der Waals surface area contributed by atoms with Crippen molar-refractivity contribution >= 4 is 11.8 Å². The number of benzene rings is 3. The third-order valence-corrected chi connectivity index (χ3v) is 5.55. The number of ether oxygens (including phenoxy) is 1. The SMILES string of the molecule is COc1ccc(CC(=O)N(Cc2ccc(F)cc2)[C@H](Cc2ccccc2)C(=O)NC(C)(C)C)cc1. The van der Waals surface area contributed by atoms with E-state index in [1.807, 2.05) is 63.2 Å². The molecule has 0 saturated heterocycles. The Bertz CT molecular complexity index is 1110. The second-order valence-electron chi connectivity index (χ2n) is 9.62. The number of amides is 2. The zero-order valence-corrected chi connectivity index (χ0v) is 20.8. The summed E-state index contributed by atoms with van der Waals surface area (Å²) in [7, 11) is 1.59. The van der Waals surface area contributed by atoms with Crippen LogP contribution in [0.15, 0.2) is 78.9 Å². The van der Waals surface area contributed by atoms with Crippen molar-refractivity contribution in [1.29, 1.82) is 0 Å². The maximum Gasteiger partial charge on any atom is 0.243 e. The smallest absolute Gasteiger partial charge is 0.243 e. The number of halogens is 1. The van der Waals surface area contributed by atoms with Gasteiger partial charge in [0.15, 0.2) is 0 Å². The van der Waals surface area contributed by atoms with Crippen molar-refractivity contribution in [2.24, 2.45) is 0 Å². The lowest BCUT2D eigenvalue weighted by molar-refractivity contribution is -0.141. The summed E-state index contributed by atoms with van der Waals surface area (Å²) < 4.78 is 18.8. The first-order valence-corrected chi connectivity index (χ1v) is 11.7. The quantitative estimate of drug-likeness (QED) is 0.476. The number of carbonyl (C=O) groups excluding carboxylic acids is 2. The largest absolute Gasteiger partial charge is 0.497 e. The molecule has 1 N–H and O–H groups in total. The Hall–Kier alpha value is -3.67. The summed E-state index contributed by atoms with van der Waals surface area (Å²) in [5, 5.41) is 3.04. The summed E-state index contributed by atoms with van der Waals surface area (Å²) in [6, 6.07) is 22.2. The zero-order valence-electron chi connectivity index (χ0n) is 20.8. The minimum Gasteiger partial charge on any atom is -0.497 e. The second-order valence-corrected chi connectivity index (χ2v) is 9.62. The molecule has 5 nitrogen and oxygen atoms in total. The predicted octanol–water partition coefficient (Wildman–Crippen LogP) is 4.93. The van der Waals surface area contributed by atoms with E-state index in [9.17, 15) is 14.0 Å². The Morgan fingerprint density at radius 3 is 2.06 bits per heavy atom. The summed E-state index contributed by atoms with van der Waals surface area (Å²) in [5.41, 5.74) is 2.04. The van der Waals surface area contributed by atoms with Crippen molar-refractivity contribution in [2.75, 3.05) is 7.11 Å². The van der Waals surface area contributed by atoms with E-state index in [4.69, 9.17) is 4.74 Å². The van der Waals surface area contributed by atoms with E-state index in [0.717, 1.165) is 16.7 Å². The molecule has 35 heavy (non-hydrogen) atoms. The molecule has 0 aliphatic heterocycles. The third-order valence-electron chi connectivity index (χ3n) is 5.55. The van der Waals surface area contributed by atoms with Gasteiger partial charge in [0.05, 0.1) is 13.5 Å². The summed E-state index contributed by atoms with van der Waals surface area (Å²) in [4.78, 5) is 28.8. The monoisotopic (exact) mass is 476 g/mol. The Kier molecular flexibility index (Phi) is 8.63. The minimum atomic E-state index is -0.743. The molecule has 2 amide bonds. The van der Waals surface area contributed by atoms with E-state index in [-0.39, 0.29) is 30.6 Å². The lowest BCUT2D eigenvalue weighted by atomic mass is 10.00. The van der Waals surface area contributed by atoms with Gasteiger partial charge < -0.3 is 15.0 Å². The molecule has 3 aromatic rings. The van der Waals surface area contributed by atoms with Crippen molar-refractivity contribution in [1.82, 2.24) is 10.2 Å². The molecule has 0 saturated carbocycles. The van der Waals surface area contributed by atoms with Crippen LogP contribution < -0.4 is 10.1 Å². The van der Waals surface area contributed by atoms with Gasteiger partial charge in [-0.3, -0.25) is 9.59 Å². The standard InChI is InChI=1S/C29H33FN2O3/c1-29(2,3)31-28(34)26(18-21-8-6-5-7-9-21)32(20-23-10-14-24(30)15-11-23)27(33)19-22-12-16-25(35-4)17-13-22/h5-17,26H,18-20H2,1-4H3,(H,31,34)/t26-/m1/s1. The van der Waals surface area contributed by atoms with Crippen molar-refractivity contribution in [3.63, 3.8) is 0 Å². The molecule has 0 heterocycles. The summed E-state index contributed by atoms with van der Waals surface area (Å²) in [5.74, 6) is -0.0666. The van der Waals surface area contributed by atoms with Crippen molar-refractivity contribution in [3.05, 3.63) is 101 Å². The average molecular weight is 477 g/mol. The van der Waals surface area contributed by atoms with E-state index >= 15 is 0 Å². The maximum absolute atomic E-state index is 13.7. The topological polar surface area (TPSA) is 58.6 Å². The molecule has 1 atom stereocenters. The van der Waals surface area contributed by atoms with Gasteiger partial charge in [0.25, 0.3) is 0 Å². The van der Waals surface area contributed by atoms with Crippen LogP contribution >= 0.6 is 0 Å². The minimum absolute atomic E-state index is 0.124. The van der Waals surface area contributed by atoms with Gasteiger partial charge in [-0.1, -0.05) is 54.6 Å². The number of carbonyl (C=O) groups is 2. The second kappa shape index (κ2) is 11.6. The van der Waals surface area contributed by atoms with Gasteiger partial charge >= 0.3 is 0 Å². The lowest BCUT2D eigenvalue weighted by Crippen LogP contribution is -2.54. The first kappa shape index (κ1) is 25.9. The molecular formula is C29H33FN2O3. The number of methoxy groups -OCH3 is 1. The third kappa shape index (κ3) is 7.95. The number of hydrogen-bond acceptors (Lipinski definition) is 3. The van der Waals surface area contributed by atoms with Crippen LogP contribution in [0.1, 0.15) is 37.5 Å². The van der Waals surface area contributed by atoms with E-state index in [2.05, 4.69) is 5.32 Å². The van der Waals surface area contributed by atoms with Gasteiger partial charge in [-0.25, -0.2) is 4.39 Å². The van der Waals surface area contributed by atoms with E-state index in [1.165, 1.54) is 12.1 Å². The van der Waals surface area contributed by atoms with Gasteiger partial charge in [-0.2, -0.15) is 0 Å². The molecule has 3 rings (SSSR count). The molecule has 0 bridgehead atoms. The maximum atomic E-state index is 13.7. The molecule has 0 fully saturated rings. The van der Waals surface area contributed by atoms with E-state index in [1.54, 1.807) is 36.3 Å². The van der Waals surface area contributed by atoms with Crippen molar-refractivity contribution in [3.8, 4) is 5.75 Å². The van der Waals surface area contributed by atoms with Crippen molar-refractivity contribution in [2.45, 2.75) is 51.7 Å². The van der Waals surface area contributed by atoms with Crippen LogP contribution in [0, 0.1) is 5.82 Å². The highest BCUT2D eigenvalue weighted by Gasteiger charge is 2.32. The average Bonchev–Trinajstić information content (AvgIpc) is 2.82. The molecule has 6 heteroatoms. The lowest BCUT2D eigenvalue weighted by Gasteiger charge is -2.34. The number of nitrogens with zero attached hydrogens (tertiary/aromatic N) is 1. The van der Waals surface area contributed by atoms with Crippen LogP contribution in [-0.4, -0.2) is 35.4 Å². The molecule has 0 spiro atoms. The first-order chi connectivity index (χ1) is 16.6. The van der Waals surface area contributed by atoms with E-state index in [0.29, 0.717) is 12.2 Å². The van der Waals surface area contributed by atoms with Gasteiger partial charge in [0.1, 0.15) is 17.6 Å². The Morgan fingerprint density at radius 2 is 1.49 bits per heavy atom. The molecule has 3 aromatic carbocycles. The number of rotatable bonds is 9. The molecule has 0 radical (unpaired) electrons. The molecule has 0 aromatic heterocycles. The molecule has 0 aliphatic rings. The summed E-state index contributed by atoms with van der Waals surface area (Å²) >= 11 is 0. The van der Waals surface area contributed by atoms with Crippen LogP contribution in [0.5, 0.6) is 5.75 Å².